The summed E-state index contributed by atoms with van der Waals surface area (Å²) >= 11 is 0. The minimum absolute atomic E-state index is 0. The summed E-state index contributed by atoms with van der Waals surface area (Å²) in [5.74, 6) is -0.0686. The summed E-state index contributed by atoms with van der Waals surface area (Å²) in [6.45, 7) is 8.02. The molecule has 0 bridgehead atoms. The molecule has 82 valence electrons. The van der Waals surface area contributed by atoms with E-state index in [1.54, 1.807) is 0 Å². The van der Waals surface area contributed by atoms with Crippen molar-refractivity contribution in [3.63, 3.8) is 0 Å². The third-order valence-corrected chi connectivity index (χ3v) is 2.57. The zero-order valence-electron chi connectivity index (χ0n) is 9.05. The van der Waals surface area contributed by atoms with Gasteiger partial charge in [-0.05, 0) is 32.1 Å². The van der Waals surface area contributed by atoms with Crippen LogP contribution in [0.2, 0.25) is 0 Å². The predicted octanol–water partition coefficient (Wildman–Crippen LogP) is 1.74. The van der Waals surface area contributed by atoms with Crippen LogP contribution in [0.5, 0.6) is 0 Å². The summed E-state index contributed by atoms with van der Waals surface area (Å²) in [4.78, 5) is 10.9. The second kappa shape index (κ2) is 8.70. The van der Waals surface area contributed by atoms with Gasteiger partial charge in [-0.3, -0.25) is 4.79 Å². The zero-order chi connectivity index (χ0) is 9.78. The number of hydrogen-bond acceptors (Lipinski definition) is 1. The molecule has 0 aromatic carbocycles. The smallest absolute Gasteiger partial charge is 0.309 e. The number of rotatable bonds is 5. The largest absolute Gasteiger partial charge is 0.481 e. The Hall–Kier alpha value is 0.418. The minimum atomic E-state index is -0.661. The quantitative estimate of drug-likeness (QED) is 0.777. The number of aliphatic carboxylic acids is 1. The predicted molar refractivity (Wildman–Crippen MR) is 60.0 cm³/mol. The Morgan fingerprint density at radius 1 is 1.43 bits per heavy atom. The fraction of sp³-hybridized carbons (Fsp3) is 0.900. The van der Waals surface area contributed by atoms with Crippen LogP contribution in [0.3, 0.4) is 0 Å². The molecule has 14 heavy (non-hydrogen) atoms. The number of hydrogen-bond donors (Lipinski definition) is 1. The van der Waals surface area contributed by atoms with E-state index in [1.165, 1.54) is 0 Å². The van der Waals surface area contributed by atoms with Gasteiger partial charge in [0, 0.05) is 26.2 Å². The summed E-state index contributed by atoms with van der Waals surface area (Å²) in [6, 6.07) is 0. The van der Waals surface area contributed by atoms with Gasteiger partial charge in [0.15, 0.2) is 0 Å². The van der Waals surface area contributed by atoms with E-state index < -0.39 is 11.4 Å². The maximum Gasteiger partial charge on any atom is 0.309 e. The maximum absolute atomic E-state index is 10.9. The van der Waals surface area contributed by atoms with Crippen LogP contribution in [-0.2, 0) is 31.0 Å². The van der Waals surface area contributed by atoms with Gasteiger partial charge in [0.1, 0.15) is 0 Å². The molecular formula is C10H23BO2Zr. The Morgan fingerprint density at radius 3 is 2.07 bits per heavy atom. The molecule has 4 heteroatoms. The number of carboxylic acid groups (broad SMARTS) is 1. The van der Waals surface area contributed by atoms with Crippen molar-refractivity contribution < 1.29 is 36.1 Å². The van der Waals surface area contributed by atoms with Crippen LogP contribution < -0.4 is 0 Å². The summed E-state index contributed by atoms with van der Waals surface area (Å²) < 4.78 is 0. The van der Waals surface area contributed by atoms with Gasteiger partial charge in [0.25, 0.3) is 0 Å². The normalized spacial score (nSPS) is 13.8. The van der Waals surface area contributed by atoms with Crippen molar-refractivity contribution in [2.24, 2.45) is 11.3 Å². The monoisotopic (exact) mass is 276 g/mol. The molecule has 0 saturated heterocycles. The van der Waals surface area contributed by atoms with Crippen molar-refractivity contribution in [1.82, 2.24) is 0 Å². The number of carbonyl (C=O) groups is 1. The Kier molecular flexibility index (Phi) is 12.4. The van der Waals surface area contributed by atoms with Gasteiger partial charge in [-0.1, -0.05) is 20.8 Å². The van der Waals surface area contributed by atoms with Crippen molar-refractivity contribution in [2.75, 3.05) is 0 Å². The average molecular weight is 277 g/mol. The molecule has 0 spiro atoms. The van der Waals surface area contributed by atoms with Crippen molar-refractivity contribution in [1.29, 1.82) is 0 Å². The first-order chi connectivity index (χ1) is 5.42. The molecule has 0 amide bonds. The third kappa shape index (κ3) is 6.81. The molecule has 0 aromatic heterocycles. The Balaban J connectivity index is -0.000000605. The topological polar surface area (TPSA) is 37.3 Å². The summed E-state index contributed by atoms with van der Waals surface area (Å²) in [5.41, 5.74) is -0.510. The van der Waals surface area contributed by atoms with Gasteiger partial charge in [0.05, 0.1) is 13.8 Å². The molecule has 0 aliphatic carbocycles. The molecule has 0 heterocycles. The standard InChI is InChI=1S/C10H20O2.BH3.Zr/c1-5-10(4,9(11)12)7-6-8(2)3;;/h8H,5-7H2,1-4H3,(H,11,12);1H3;. The summed E-state index contributed by atoms with van der Waals surface area (Å²) in [7, 11) is 0. The Morgan fingerprint density at radius 2 is 1.86 bits per heavy atom. The molecule has 2 nitrogen and oxygen atoms in total. The van der Waals surface area contributed by atoms with Gasteiger partial charge >= 0.3 is 5.97 Å². The van der Waals surface area contributed by atoms with Gasteiger partial charge in [-0.2, -0.15) is 0 Å². The van der Waals surface area contributed by atoms with Crippen LogP contribution in [0, 0.1) is 11.3 Å². The van der Waals surface area contributed by atoms with Crippen LogP contribution in [0.4, 0.5) is 0 Å². The van der Waals surface area contributed by atoms with E-state index in [0.29, 0.717) is 5.92 Å². The van der Waals surface area contributed by atoms with Gasteiger partial charge in [-0.25, -0.2) is 0 Å². The van der Waals surface area contributed by atoms with Gasteiger partial charge in [-0.15, -0.1) is 0 Å². The first kappa shape index (κ1) is 19.9. The molecule has 1 N–H and O–H groups in total. The molecule has 0 fully saturated rings. The average Bonchev–Trinajstić information content (AvgIpc) is 1.99. The first-order valence-corrected chi connectivity index (χ1v) is 4.65. The fourth-order valence-corrected chi connectivity index (χ4v) is 1.04. The van der Waals surface area contributed by atoms with Crippen LogP contribution in [0.15, 0.2) is 0 Å². The Labute approximate surface area is 109 Å². The second-order valence-electron chi connectivity index (χ2n) is 4.15. The van der Waals surface area contributed by atoms with E-state index >= 15 is 0 Å². The summed E-state index contributed by atoms with van der Waals surface area (Å²) in [6.07, 6.45) is 2.50. The van der Waals surface area contributed by atoms with Crippen molar-refractivity contribution in [3.05, 3.63) is 0 Å². The van der Waals surface area contributed by atoms with E-state index in [1.807, 2.05) is 13.8 Å². The molecule has 1 atom stereocenters. The molecular weight excluding hydrogens is 254 g/mol. The van der Waals surface area contributed by atoms with Crippen LogP contribution in [0.1, 0.15) is 47.0 Å². The van der Waals surface area contributed by atoms with E-state index in [9.17, 15) is 4.79 Å². The molecule has 0 radical (unpaired) electrons. The molecule has 0 aromatic rings. The van der Waals surface area contributed by atoms with E-state index in [2.05, 4.69) is 13.8 Å². The maximum atomic E-state index is 10.9. The first-order valence-electron chi connectivity index (χ1n) is 4.65. The van der Waals surface area contributed by atoms with Gasteiger partial charge < -0.3 is 5.11 Å². The molecule has 0 aliphatic heterocycles. The van der Waals surface area contributed by atoms with E-state index in [4.69, 9.17) is 5.11 Å². The third-order valence-electron chi connectivity index (χ3n) is 2.57. The Bertz CT molecular complexity index is 162. The minimum Gasteiger partial charge on any atom is -0.481 e. The van der Waals surface area contributed by atoms with E-state index in [-0.39, 0.29) is 34.6 Å². The molecule has 0 saturated carbocycles. The second-order valence-corrected chi connectivity index (χ2v) is 4.15. The van der Waals surface area contributed by atoms with Crippen LogP contribution in [-0.4, -0.2) is 19.5 Å². The SMILES string of the molecule is B.CCC(C)(CCC(C)C)C(=O)O.[Zr]. The van der Waals surface area contributed by atoms with E-state index in [0.717, 1.165) is 19.3 Å². The van der Waals surface area contributed by atoms with Crippen molar-refractivity contribution in [3.8, 4) is 0 Å². The zero-order valence-corrected chi connectivity index (χ0v) is 11.5. The summed E-state index contributed by atoms with van der Waals surface area (Å²) in [5, 5.41) is 8.95. The van der Waals surface area contributed by atoms with Gasteiger partial charge in [0.2, 0.25) is 0 Å². The molecule has 1 unspecified atom stereocenters. The van der Waals surface area contributed by atoms with Crippen LogP contribution in [0.25, 0.3) is 0 Å². The van der Waals surface area contributed by atoms with Crippen molar-refractivity contribution in [2.45, 2.75) is 47.0 Å². The molecule has 0 rings (SSSR count). The number of carboxylic acids is 1. The fourth-order valence-electron chi connectivity index (χ4n) is 1.04. The van der Waals surface area contributed by atoms with Crippen LogP contribution >= 0.6 is 0 Å². The molecule has 0 aliphatic rings. The van der Waals surface area contributed by atoms with Crippen molar-refractivity contribution >= 4 is 14.4 Å².